The quantitative estimate of drug-likeness (QED) is 0.865. The molecule has 0 bridgehead atoms. The highest BCUT2D eigenvalue weighted by Crippen LogP contribution is 2.31. The van der Waals surface area contributed by atoms with Crippen LogP contribution in [-0.4, -0.2) is 18.8 Å². The van der Waals surface area contributed by atoms with Gasteiger partial charge in [0.05, 0.1) is 11.1 Å². The zero-order valence-electron chi connectivity index (χ0n) is 8.79. The Balaban J connectivity index is 2.99. The van der Waals surface area contributed by atoms with Gasteiger partial charge in [-0.25, -0.2) is 0 Å². The fourth-order valence-electron chi connectivity index (χ4n) is 1.50. The summed E-state index contributed by atoms with van der Waals surface area (Å²) in [5.41, 5.74) is 7.41. The Bertz CT molecular complexity index is 329. The normalized spacial score (nSPS) is 10.6. The van der Waals surface area contributed by atoms with Gasteiger partial charge >= 0.3 is 0 Å². The second-order valence-corrected chi connectivity index (χ2v) is 4.21. The summed E-state index contributed by atoms with van der Waals surface area (Å²) in [6, 6.07) is 3.79. The maximum Gasteiger partial charge on any atom is 0.133 e. The molecule has 15 heavy (non-hydrogen) atoms. The van der Waals surface area contributed by atoms with E-state index in [0.717, 1.165) is 28.4 Å². The van der Waals surface area contributed by atoms with Gasteiger partial charge in [-0.3, -0.25) is 0 Å². The predicted molar refractivity (Wildman–Crippen MR) is 63.9 cm³/mol. The van der Waals surface area contributed by atoms with Gasteiger partial charge in [0.15, 0.2) is 0 Å². The van der Waals surface area contributed by atoms with Gasteiger partial charge in [0.1, 0.15) is 5.75 Å². The molecule has 0 aromatic heterocycles. The van der Waals surface area contributed by atoms with Crippen molar-refractivity contribution >= 4 is 15.9 Å². The third-order valence-electron chi connectivity index (χ3n) is 2.26. The number of benzene rings is 1. The molecule has 84 valence electrons. The summed E-state index contributed by atoms with van der Waals surface area (Å²) in [7, 11) is 1.64. The van der Waals surface area contributed by atoms with Gasteiger partial charge in [-0.05, 0) is 46.9 Å². The van der Waals surface area contributed by atoms with Crippen molar-refractivity contribution in [3.8, 4) is 5.75 Å². The second-order valence-electron chi connectivity index (χ2n) is 3.36. The Morgan fingerprint density at radius 2 is 2.20 bits per heavy atom. The van der Waals surface area contributed by atoms with Crippen molar-refractivity contribution in [3.63, 3.8) is 0 Å². The average Bonchev–Trinajstić information content (AvgIpc) is 2.23. The van der Waals surface area contributed by atoms with Gasteiger partial charge in [0, 0.05) is 12.7 Å². The summed E-state index contributed by atoms with van der Waals surface area (Å²) in [5, 5.41) is 9.89. The number of rotatable bonds is 5. The number of halogens is 1. The van der Waals surface area contributed by atoms with Gasteiger partial charge in [0.2, 0.25) is 0 Å². The fraction of sp³-hybridized carbons (Fsp3) is 0.455. The van der Waals surface area contributed by atoms with E-state index in [2.05, 4.69) is 15.9 Å². The molecule has 0 aliphatic carbocycles. The molecule has 1 rings (SSSR count). The minimum Gasteiger partial charge on any atom is -0.506 e. The largest absolute Gasteiger partial charge is 0.506 e. The predicted octanol–water partition coefficient (Wildman–Crippen LogP) is 2.19. The molecule has 0 heterocycles. The molecule has 3 nitrogen and oxygen atoms in total. The zero-order valence-corrected chi connectivity index (χ0v) is 10.4. The van der Waals surface area contributed by atoms with Crippen LogP contribution in [0.1, 0.15) is 17.5 Å². The molecule has 0 unspecified atom stereocenters. The van der Waals surface area contributed by atoms with Gasteiger partial charge in [-0.1, -0.05) is 6.07 Å². The molecule has 0 radical (unpaired) electrons. The number of phenolic OH excluding ortho intramolecular Hbond substituents is 1. The molecule has 0 saturated carbocycles. The molecule has 0 spiro atoms. The Labute approximate surface area is 98.4 Å². The van der Waals surface area contributed by atoms with Gasteiger partial charge in [0.25, 0.3) is 0 Å². The van der Waals surface area contributed by atoms with Crippen LogP contribution >= 0.6 is 15.9 Å². The third kappa shape index (κ3) is 3.19. The number of nitrogens with two attached hydrogens (primary N) is 1. The number of methoxy groups -OCH3 is 1. The summed E-state index contributed by atoms with van der Waals surface area (Å²) in [4.78, 5) is 0. The van der Waals surface area contributed by atoms with Crippen LogP contribution in [0.25, 0.3) is 0 Å². The van der Waals surface area contributed by atoms with Crippen LogP contribution in [0.5, 0.6) is 5.75 Å². The van der Waals surface area contributed by atoms with Gasteiger partial charge < -0.3 is 15.6 Å². The molecular formula is C11H16BrNO2. The summed E-state index contributed by atoms with van der Waals surface area (Å²) >= 11 is 3.30. The second kappa shape index (κ2) is 6.10. The van der Waals surface area contributed by atoms with Crippen molar-refractivity contribution in [1.29, 1.82) is 0 Å². The number of hydrogen-bond acceptors (Lipinski definition) is 3. The molecule has 4 heteroatoms. The molecule has 0 aliphatic rings. The first kappa shape index (κ1) is 12.5. The van der Waals surface area contributed by atoms with Crippen molar-refractivity contribution in [2.45, 2.75) is 19.4 Å². The molecule has 3 N–H and O–H groups in total. The van der Waals surface area contributed by atoms with Crippen LogP contribution in [0.2, 0.25) is 0 Å². The van der Waals surface area contributed by atoms with E-state index in [1.165, 1.54) is 0 Å². The molecule has 0 fully saturated rings. The fourth-order valence-corrected chi connectivity index (χ4v) is 1.87. The van der Waals surface area contributed by atoms with E-state index in [4.69, 9.17) is 10.5 Å². The average molecular weight is 274 g/mol. The van der Waals surface area contributed by atoms with Crippen LogP contribution in [0.4, 0.5) is 0 Å². The molecule has 0 atom stereocenters. The highest BCUT2D eigenvalue weighted by molar-refractivity contribution is 9.10. The van der Waals surface area contributed by atoms with Crippen molar-refractivity contribution in [1.82, 2.24) is 0 Å². The first-order valence-electron chi connectivity index (χ1n) is 4.89. The molecule has 0 saturated heterocycles. The summed E-state index contributed by atoms with van der Waals surface area (Å²) in [6.45, 7) is 1.14. The Kier molecular flexibility index (Phi) is 5.08. The van der Waals surface area contributed by atoms with E-state index in [-0.39, 0.29) is 0 Å². The minimum atomic E-state index is 0.304. The topological polar surface area (TPSA) is 55.5 Å². The number of hydrogen-bond donors (Lipinski definition) is 2. The van der Waals surface area contributed by atoms with E-state index in [0.29, 0.717) is 18.9 Å². The van der Waals surface area contributed by atoms with Crippen molar-refractivity contribution in [2.24, 2.45) is 5.73 Å². The molecule has 0 amide bonds. The van der Waals surface area contributed by atoms with E-state index in [1.54, 1.807) is 7.11 Å². The number of aromatic hydroxyl groups is 1. The summed E-state index contributed by atoms with van der Waals surface area (Å²) in [5.74, 6) is 0.304. The van der Waals surface area contributed by atoms with E-state index < -0.39 is 0 Å². The lowest BCUT2D eigenvalue weighted by molar-refractivity contribution is 0.183. The van der Waals surface area contributed by atoms with Crippen LogP contribution in [0.3, 0.4) is 0 Å². The lowest BCUT2D eigenvalue weighted by Crippen LogP contribution is -2.03. The van der Waals surface area contributed by atoms with Crippen molar-refractivity contribution in [2.75, 3.05) is 13.7 Å². The lowest BCUT2D eigenvalue weighted by Gasteiger charge is -2.11. The van der Waals surface area contributed by atoms with E-state index in [9.17, 15) is 5.11 Å². The van der Waals surface area contributed by atoms with Crippen LogP contribution in [0.15, 0.2) is 16.6 Å². The molecule has 1 aromatic carbocycles. The monoisotopic (exact) mass is 273 g/mol. The summed E-state index contributed by atoms with van der Waals surface area (Å²) < 4.78 is 5.80. The van der Waals surface area contributed by atoms with Crippen molar-refractivity contribution < 1.29 is 9.84 Å². The maximum absolute atomic E-state index is 9.89. The van der Waals surface area contributed by atoms with Crippen LogP contribution in [0, 0.1) is 0 Å². The van der Waals surface area contributed by atoms with Gasteiger partial charge in [-0.2, -0.15) is 0 Å². The minimum absolute atomic E-state index is 0.304. The van der Waals surface area contributed by atoms with E-state index >= 15 is 0 Å². The first-order valence-corrected chi connectivity index (χ1v) is 5.68. The summed E-state index contributed by atoms with van der Waals surface area (Å²) in [6.07, 6.45) is 1.64. The Morgan fingerprint density at radius 1 is 1.47 bits per heavy atom. The number of phenols is 1. The highest BCUT2D eigenvalue weighted by Gasteiger charge is 2.10. The Hall–Kier alpha value is -0.580. The molecule has 0 aliphatic heterocycles. The molecule has 1 aromatic rings. The lowest BCUT2D eigenvalue weighted by atomic mass is 10.0. The third-order valence-corrected chi connectivity index (χ3v) is 2.90. The SMILES string of the molecule is COCc1ccc(Br)c(O)c1CCCN. The Morgan fingerprint density at radius 3 is 2.80 bits per heavy atom. The standard InChI is InChI=1S/C11H16BrNO2/c1-15-7-8-4-5-10(12)11(14)9(8)3-2-6-13/h4-5,14H,2-3,6-7,13H2,1H3. The number of ether oxygens (including phenoxy) is 1. The van der Waals surface area contributed by atoms with Crippen molar-refractivity contribution in [3.05, 3.63) is 27.7 Å². The van der Waals surface area contributed by atoms with Crippen LogP contribution in [-0.2, 0) is 17.8 Å². The van der Waals surface area contributed by atoms with Gasteiger partial charge in [-0.15, -0.1) is 0 Å². The zero-order chi connectivity index (χ0) is 11.3. The molecular weight excluding hydrogens is 258 g/mol. The van der Waals surface area contributed by atoms with Crippen LogP contribution < -0.4 is 5.73 Å². The van der Waals surface area contributed by atoms with E-state index in [1.807, 2.05) is 12.1 Å². The smallest absolute Gasteiger partial charge is 0.133 e. The highest BCUT2D eigenvalue weighted by atomic mass is 79.9. The first-order chi connectivity index (χ1) is 7.20. The maximum atomic E-state index is 9.89.